The molecule has 4 N–H and O–H groups in total. The van der Waals surface area contributed by atoms with E-state index in [0.717, 1.165) is 53.6 Å². The Morgan fingerprint density at radius 2 is 1.82 bits per heavy atom. The van der Waals surface area contributed by atoms with Crippen LogP contribution in [0.15, 0.2) is 47.2 Å². The molecular formula is C30H37N5O4S. The van der Waals surface area contributed by atoms with Crippen LogP contribution in [-0.2, 0) is 15.1 Å². The SMILES string of the molecule is COC(=O)N(C)C1CCC(CC(=O)Nc2cc(-c3ccsc3)c(-c3ccc(C4(N)CC(C)(O)C4)cc3)nn2)CC1. The normalized spacial score (nSPS) is 26.0. The average molecular weight is 564 g/mol. The van der Waals surface area contributed by atoms with Crippen LogP contribution in [0.25, 0.3) is 22.4 Å². The van der Waals surface area contributed by atoms with E-state index in [1.54, 1.807) is 23.3 Å². The number of rotatable bonds is 7. The summed E-state index contributed by atoms with van der Waals surface area (Å²) in [5.74, 6) is 0.593. The Kier molecular flexibility index (Phi) is 7.94. The molecule has 40 heavy (non-hydrogen) atoms. The zero-order valence-electron chi connectivity index (χ0n) is 23.2. The van der Waals surface area contributed by atoms with Crippen LogP contribution in [0, 0.1) is 5.92 Å². The Morgan fingerprint density at radius 1 is 1.12 bits per heavy atom. The second-order valence-electron chi connectivity index (χ2n) is 11.6. The lowest BCUT2D eigenvalue weighted by Gasteiger charge is -2.49. The number of nitrogens with zero attached hydrogens (tertiary/aromatic N) is 3. The number of anilines is 1. The highest BCUT2D eigenvalue weighted by Crippen LogP contribution is 2.46. The summed E-state index contributed by atoms with van der Waals surface area (Å²) in [5.41, 5.74) is 9.79. The second kappa shape index (κ2) is 11.3. The van der Waals surface area contributed by atoms with E-state index in [4.69, 9.17) is 10.5 Å². The molecule has 2 aliphatic carbocycles. The fourth-order valence-corrected chi connectivity index (χ4v) is 6.92. The highest BCUT2D eigenvalue weighted by atomic mass is 32.1. The van der Waals surface area contributed by atoms with Gasteiger partial charge in [-0.1, -0.05) is 24.3 Å². The van der Waals surface area contributed by atoms with Crippen molar-refractivity contribution in [1.29, 1.82) is 0 Å². The van der Waals surface area contributed by atoms with Crippen LogP contribution < -0.4 is 11.1 Å². The molecule has 2 aromatic heterocycles. The zero-order chi connectivity index (χ0) is 28.5. The van der Waals surface area contributed by atoms with E-state index < -0.39 is 11.1 Å². The van der Waals surface area contributed by atoms with Crippen molar-refractivity contribution in [3.63, 3.8) is 0 Å². The largest absolute Gasteiger partial charge is 0.453 e. The Bertz CT molecular complexity index is 1340. The number of hydrogen-bond donors (Lipinski definition) is 3. The van der Waals surface area contributed by atoms with Crippen LogP contribution in [0.5, 0.6) is 0 Å². The summed E-state index contributed by atoms with van der Waals surface area (Å²) < 4.78 is 4.83. The molecule has 0 radical (unpaired) electrons. The number of hydrogen-bond acceptors (Lipinski definition) is 8. The van der Waals surface area contributed by atoms with Gasteiger partial charge in [-0.15, -0.1) is 10.2 Å². The smallest absolute Gasteiger partial charge is 0.409 e. The standard InChI is InChI=1S/C30H37N5O4S/c1-29(38)17-30(31,18-29)22-8-6-20(7-9-22)27-24(21-12-13-40-16-21)15-25(33-34-27)32-26(36)14-19-4-10-23(11-5-19)35(2)28(37)39-3/h6-9,12-13,15-16,19,23,38H,4-5,10-11,14,17-18,31H2,1-3H3,(H,32,33,36). The quantitative estimate of drug-likeness (QED) is 0.362. The zero-order valence-corrected chi connectivity index (χ0v) is 24.0. The summed E-state index contributed by atoms with van der Waals surface area (Å²) in [6, 6.07) is 12.0. The number of benzene rings is 1. The number of thiophene rings is 1. The van der Waals surface area contributed by atoms with Crippen molar-refractivity contribution in [3.05, 3.63) is 52.7 Å². The Balaban J connectivity index is 1.26. The maximum atomic E-state index is 12.9. The highest BCUT2D eigenvalue weighted by molar-refractivity contribution is 7.08. The first-order chi connectivity index (χ1) is 19.1. The molecule has 10 heteroatoms. The number of carbonyl (C=O) groups is 2. The van der Waals surface area contributed by atoms with E-state index >= 15 is 0 Å². The lowest BCUT2D eigenvalue weighted by atomic mass is 9.63. The number of amides is 2. The molecule has 1 aromatic carbocycles. The van der Waals surface area contributed by atoms with Gasteiger partial charge in [-0.2, -0.15) is 11.3 Å². The minimum atomic E-state index is -0.716. The van der Waals surface area contributed by atoms with Crippen LogP contribution in [0.1, 0.15) is 57.4 Å². The number of nitrogens with one attached hydrogen (secondary N) is 1. The summed E-state index contributed by atoms with van der Waals surface area (Å²) in [5, 5.41) is 26.1. The van der Waals surface area contributed by atoms with Crippen LogP contribution >= 0.6 is 11.3 Å². The Morgan fingerprint density at radius 3 is 2.42 bits per heavy atom. The summed E-state index contributed by atoms with van der Waals surface area (Å²) in [6.07, 6.45) is 4.59. The van der Waals surface area contributed by atoms with Crippen LogP contribution in [0.3, 0.4) is 0 Å². The van der Waals surface area contributed by atoms with Gasteiger partial charge in [0.25, 0.3) is 0 Å². The number of aromatic nitrogens is 2. The second-order valence-corrected chi connectivity index (χ2v) is 12.4. The molecule has 212 valence electrons. The molecule has 0 aliphatic heterocycles. The summed E-state index contributed by atoms with van der Waals surface area (Å²) in [6.45, 7) is 1.81. The average Bonchev–Trinajstić information content (AvgIpc) is 3.46. The van der Waals surface area contributed by atoms with Crippen molar-refractivity contribution in [2.75, 3.05) is 19.5 Å². The van der Waals surface area contributed by atoms with Gasteiger partial charge >= 0.3 is 6.09 Å². The first kappa shape index (κ1) is 28.2. The Labute approximate surface area is 238 Å². The van der Waals surface area contributed by atoms with Gasteiger partial charge in [-0.05, 0) is 85.4 Å². The van der Waals surface area contributed by atoms with E-state index in [0.29, 0.717) is 25.1 Å². The van der Waals surface area contributed by atoms with Gasteiger partial charge in [0.2, 0.25) is 5.91 Å². The monoisotopic (exact) mass is 563 g/mol. The van der Waals surface area contributed by atoms with Gasteiger partial charge in [0.05, 0.1) is 12.7 Å². The number of carbonyl (C=O) groups excluding carboxylic acids is 2. The van der Waals surface area contributed by atoms with Gasteiger partial charge in [0.1, 0.15) is 5.69 Å². The first-order valence-corrected chi connectivity index (χ1v) is 14.6. The third kappa shape index (κ3) is 6.04. The van der Waals surface area contributed by atoms with Gasteiger partial charge < -0.3 is 25.8 Å². The number of nitrogens with two attached hydrogens (primary N) is 1. The third-order valence-corrected chi connectivity index (χ3v) is 9.00. The molecule has 0 saturated heterocycles. The van der Waals surface area contributed by atoms with Crippen molar-refractivity contribution in [2.24, 2.45) is 11.7 Å². The summed E-state index contributed by atoms with van der Waals surface area (Å²) in [7, 11) is 3.15. The van der Waals surface area contributed by atoms with Crippen molar-refractivity contribution in [1.82, 2.24) is 15.1 Å². The lowest BCUT2D eigenvalue weighted by molar-refractivity contribution is -0.117. The van der Waals surface area contributed by atoms with Crippen molar-refractivity contribution in [3.8, 4) is 22.4 Å². The van der Waals surface area contributed by atoms with E-state index in [2.05, 4.69) is 20.9 Å². The maximum Gasteiger partial charge on any atom is 0.409 e. The minimum absolute atomic E-state index is 0.0860. The molecule has 9 nitrogen and oxygen atoms in total. The molecular weight excluding hydrogens is 526 g/mol. The molecule has 0 atom stereocenters. The van der Waals surface area contributed by atoms with Crippen LogP contribution in [0.2, 0.25) is 0 Å². The summed E-state index contributed by atoms with van der Waals surface area (Å²) in [4.78, 5) is 26.4. The molecule has 2 saturated carbocycles. The lowest BCUT2D eigenvalue weighted by Crippen LogP contribution is -2.58. The molecule has 2 amide bonds. The fraction of sp³-hybridized carbons (Fsp3) is 0.467. The molecule has 5 rings (SSSR count). The maximum absolute atomic E-state index is 12.9. The summed E-state index contributed by atoms with van der Waals surface area (Å²) >= 11 is 1.59. The predicted molar refractivity (Wildman–Crippen MR) is 156 cm³/mol. The van der Waals surface area contributed by atoms with Crippen molar-refractivity contribution < 1.29 is 19.4 Å². The van der Waals surface area contributed by atoms with Gasteiger partial charge in [-0.3, -0.25) is 4.79 Å². The molecule has 2 heterocycles. The minimum Gasteiger partial charge on any atom is -0.453 e. The predicted octanol–water partition coefficient (Wildman–Crippen LogP) is 5.16. The van der Waals surface area contributed by atoms with Crippen LogP contribution in [-0.4, -0.2) is 58.0 Å². The number of aliphatic hydroxyl groups is 1. The van der Waals surface area contributed by atoms with E-state index in [1.807, 2.05) is 48.7 Å². The third-order valence-electron chi connectivity index (χ3n) is 8.32. The molecule has 0 spiro atoms. The van der Waals surface area contributed by atoms with Crippen LogP contribution in [0.4, 0.5) is 10.6 Å². The first-order valence-electron chi connectivity index (χ1n) is 13.7. The van der Waals surface area contributed by atoms with E-state index in [9.17, 15) is 14.7 Å². The fourth-order valence-electron chi connectivity index (χ4n) is 6.26. The number of methoxy groups -OCH3 is 1. The van der Waals surface area contributed by atoms with Crippen molar-refractivity contribution >= 4 is 29.2 Å². The Hall–Kier alpha value is -3.34. The molecule has 0 bridgehead atoms. The highest BCUT2D eigenvalue weighted by Gasteiger charge is 2.49. The molecule has 2 fully saturated rings. The molecule has 3 aromatic rings. The van der Waals surface area contributed by atoms with Gasteiger partial charge in [0.15, 0.2) is 5.82 Å². The van der Waals surface area contributed by atoms with Gasteiger partial charge in [-0.25, -0.2) is 4.79 Å². The number of ether oxygens (including phenoxy) is 1. The molecule has 0 unspecified atom stereocenters. The molecule has 2 aliphatic rings. The van der Waals surface area contributed by atoms with Gasteiger partial charge in [0, 0.05) is 36.2 Å². The topological polar surface area (TPSA) is 131 Å². The van der Waals surface area contributed by atoms with E-state index in [1.165, 1.54) is 7.11 Å². The van der Waals surface area contributed by atoms with E-state index in [-0.39, 0.29) is 24.0 Å². The van der Waals surface area contributed by atoms with Crippen molar-refractivity contribution in [2.45, 2.75) is 69.1 Å².